The van der Waals surface area contributed by atoms with Crippen LogP contribution < -0.4 is 19.1 Å². The lowest BCUT2D eigenvalue weighted by molar-refractivity contribution is 0.0930. The molecule has 1 aliphatic heterocycles. The lowest BCUT2D eigenvalue weighted by Crippen LogP contribution is -2.34. The SMILES string of the molecule is COc1ccc(OC)c2c1C(=O)C1=C(C2=O)N(c2ccc(C#N)cc2)Cc2ccccc2O1. The molecule has 7 heteroatoms. The molecule has 0 aromatic heterocycles. The smallest absolute Gasteiger partial charge is 0.235 e. The molecule has 0 saturated heterocycles. The maximum absolute atomic E-state index is 13.9. The topological polar surface area (TPSA) is 88.9 Å². The summed E-state index contributed by atoms with van der Waals surface area (Å²) in [5, 5.41) is 9.18. The third-order valence-corrected chi connectivity index (χ3v) is 5.75. The van der Waals surface area contributed by atoms with Gasteiger partial charge >= 0.3 is 0 Å². The number of hydrogen-bond donors (Lipinski definition) is 0. The summed E-state index contributed by atoms with van der Waals surface area (Å²) in [6, 6.07) is 19.4. The first kappa shape index (κ1) is 20.3. The average Bonchev–Trinajstić information content (AvgIpc) is 3.04. The van der Waals surface area contributed by atoms with Crippen molar-refractivity contribution in [3.63, 3.8) is 0 Å². The molecule has 33 heavy (non-hydrogen) atoms. The van der Waals surface area contributed by atoms with Crippen LogP contribution in [-0.4, -0.2) is 25.8 Å². The molecule has 0 atom stereocenters. The van der Waals surface area contributed by atoms with Gasteiger partial charge in [0.1, 0.15) is 22.9 Å². The summed E-state index contributed by atoms with van der Waals surface area (Å²) in [6.07, 6.45) is 0. The molecule has 0 N–H and O–H groups in total. The van der Waals surface area contributed by atoms with E-state index < -0.39 is 11.6 Å². The van der Waals surface area contributed by atoms with Crippen LogP contribution in [-0.2, 0) is 6.54 Å². The van der Waals surface area contributed by atoms with Gasteiger partial charge in [-0.15, -0.1) is 0 Å². The molecule has 3 aromatic rings. The van der Waals surface area contributed by atoms with Crippen LogP contribution in [0.25, 0.3) is 0 Å². The zero-order chi connectivity index (χ0) is 23.1. The van der Waals surface area contributed by atoms with E-state index in [1.807, 2.05) is 18.2 Å². The number of ether oxygens (including phenoxy) is 3. The lowest BCUT2D eigenvalue weighted by atomic mass is 9.88. The zero-order valence-corrected chi connectivity index (χ0v) is 17.9. The maximum atomic E-state index is 13.9. The molecular weight excluding hydrogens is 420 g/mol. The highest BCUT2D eigenvalue weighted by Crippen LogP contribution is 2.43. The van der Waals surface area contributed by atoms with E-state index >= 15 is 0 Å². The molecular formula is C26H18N2O5. The molecule has 2 aliphatic rings. The van der Waals surface area contributed by atoms with Crippen molar-refractivity contribution in [2.24, 2.45) is 0 Å². The fourth-order valence-electron chi connectivity index (χ4n) is 4.17. The Balaban J connectivity index is 1.78. The largest absolute Gasteiger partial charge is 0.496 e. The van der Waals surface area contributed by atoms with Gasteiger partial charge in [0.05, 0.1) is 43.5 Å². The Hall–Kier alpha value is -4.57. The second kappa shape index (κ2) is 7.84. The summed E-state index contributed by atoms with van der Waals surface area (Å²) in [5.41, 5.74) is 2.30. The van der Waals surface area contributed by atoms with Crippen LogP contribution in [0.4, 0.5) is 5.69 Å². The molecule has 1 heterocycles. The number of ketones is 2. The summed E-state index contributed by atoms with van der Waals surface area (Å²) in [7, 11) is 2.89. The van der Waals surface area contributed by atoms with Crippen LogP contribution in [0.1, 0.15) is 31.8 Å². The standard InChI is InChI=1S/C26H18N2O5/c1-31-19-11-12-20(32-2)22-21(19)24(29)23-26(25(22)30)33-18-6-4-3-5-16(18)14-28(23)17-9-7-15(13-27)8-10-17/h3-12H,14H2,1-2H3. The molecule has 0 spiro atoms. The Bertz CT molecular complexity index is 1380. The summed E-state index contributed by atoms with van der Waals surface area (Å²) >= 11 is 0. The third-order valence-electron chi connectivity index (χ3n) is 5.75. The highest BCUT2D eigenvalue weighted by Gasteiger charge is 2.43. The zero-order valence-electron chi connectivity index (χ0n) is 17.9. The minimum absolute atomic E-state index is 0.0756. The first-order valence-electron chi connectivity index (χ1n) is 10.2. The highest BCUT2D eigenvalue weighted by atomic mass is 16.5. The Kier molecular flexibility index (Phi) is 4.83. The first-order chi connectivity index (χ1) is 16.1. The van der Waals surface area contributed by atoms with Crippen molar-refractivity contribution in [1.82, 2.24) is 0 Å². The lowest BCUT2D eigenvalue weighted by Gasteiger charge is -2.29. The number of Topliss-reactive ketones (excluding diaryl/α,β-unsaturated/α-hetero) is 2. The van der Waals surface area contributed by atoms with E-state index in [1.165, 1.54) is 14.2 Å². The van der Waals surface area contributed by atoms with E-state index in [2.05, 4.69) is 6.07 Å². The summed E-state index contributed by atoms with van der Waals surface area (Å²) < 4.78 is 16.9. The molecule has 0 unspecified atom stereocenters. The summed E-state index contributed by atoms with van der Waals surface area (Å²) in [4.78, 5) is 29.4. The fraction of sp³-hybridized carbons (Fsp3) is 0.115. The van der Waals surface area contributed by atoms with E-state index in [9.17, 15) is 14.9 Å². The van der Waals surface area contributed by atoms with Gasteiger partial charge in [0, 0.05) is 11.3 Å². The maximum Gasteiger partial charge on any atom is 0.235 e. The number of para-hydroxylation sites is 1. The molecule has 5 rings (SSSR count). The normalized spacial score (nSPS) is 14.4. The van der Waals surface area contributed by atoms with Crippen molar-refractivity contribution in [1.29, 1.82) is 5.26 Å². The van der Waals surface area contributed by atoms with Gasteiger partial charge in [0.2, 0.25) is 17.3 Å². The van der Waals surface area contributed by atoms with Crippen molar-refractivity contribution in [2.75, 3.05) is 19.1 Å². The number of benzene rings is 3. The number of fused-ring (bicyclic) bond motifs is 2. The molecule has 1 aliphatic carbocycles. The molecule has 0 saturated carbocycles. The van der Waals surface area contributed by atoms with Crippen LogP contribution >= 0.6 is 0 Å². The Labute approximate surface area is 190 Å². The number of carbonyl (C=O) groups excluding carboxylic acids is 2. The minimum atomic E-state index is -0.467. The van der Waals surface area contributed by atoms with E-state index in [0.29, 0.717) is 23.5 Å². The van der Waals surface area contributed by atoms with Gasteiger partial charge in [0.25, 0.3) is 0 Å². The predicted molar refractivity (Wildman–Crippen MR) is 120 cm³/mol. The first-order valence-corrected chi connectivity index (χ1v) is 10.2. The van der Waals surface area contributed by atoms with Gasteiger partial charge in [-0.1, -0.05) is 18.2 Å². The van der Waals surface area contributed by atoms with Gasteiger partial charge in [0.15, 0.2) is 0 Å². The number of nitrogens with zero attached hydrogens (tertiary/aromatic N) is 2. The van der Waals surface area contributed by atoms with Crippen LogP contribution in [0.5, 0.6) is 17.2 Å². The Morgan fingerprint density at radius 3 is 2.15 bits per heavy atom. The molecule has 0 bridgehead atoms. The van der Waals surface area contributed by atoms with Crippen molar-refractivity contribution in [3.05, 3.63) is 94.4 Å². The number of hydrogen-bond acceptors (Lipinski definition) is 7. The van der Waals surface area contributed by atoms with Crippen molar-refractivity contribution >= 4 is 17.3 Å². The number of carbonyl (C=O) groups is 2. The molecule has 7 nitrogen and oxygen atoms in total. The van der Waals surface area contributed by atoms with Gasteiger partial charge in [-0.25, -0.2) is 0 Å². The number of allylic oxidation sites excluding steroid dienone is 2. The van der Waals surface area contributed by atoms with Crippen LogP contribution in [0.15, 0.2) is 72.1 Å². The van der Waals surface area contributed by atoms with Gasteiger partial charge in [-0.2, -0.15) is 5.26 Å². The van der Waals surface area contributed by atoms with Gasteiger partial charge in [-0.05, 0) is 42.5 Å². The van der Waals surface area contributed by atoms with Crippen molar-refractivity contribution in [2.45, 2.75) is 6.54 Å². The van der Waals surface area contributed by atoms with Crippen LogP contribution in [0.3, 0.4) is 0 Å². The Morgan fingerprint density at radius 2 is 1.52 bits per heavy atom. The average molecular weight is 438 g/mol. The number of nitriles is 1. The van der Waals surface area contributed by atoms with Crippen LogP contribution in [0, 0.1) is 11.3 Å². The third kappa shape index (κ3) is 3.12. The number of anilines is 1. The fourth-order valence-corrected chi connectivity index (χ4v) is 4.17. The molecule has 162 valence electrons. The van der Waals surface area contributed by atoms with Crippen LogP contribution in [0.2, 0.25) is 0 Å². The second-order valence-corrected chi connectivity index (χ2v) is 7.51. The Morgan fingerprint density at radius 1 is 0.879 bits per heavy atom. The quantitative estimate of drug-likeness (QED) is 0.603. The minimum Gasteiger partial charge on any atom is -0.496 e. The second-order valence-electron chi connectivity index (χ2n) is 7.51. The van der Waals surface area contributed by atoms with E-state index in [-0.39, 0.29) is 34.1 Å². The van der Waals surface area contributed by atoms with E-state index in [4.69, 9.17) is 14.2 Å². The summed E-state index contributed by atoms with van der Waals surface area (Å²) in [5.74, 6) is 0.0816. The molecule has 0 radical (unpaired) electrons. The van der Waals surface area contributed by atoms with E-state index in [0.717, 1.165) is 5.56 Å². The van der Waals surface area contributed by atoms with Crippen molar-refractivity contribution < 1.29 is 23.8 Å². The highest BCUT2D eigenvalue weighted by molar-refractivity contribution is 6.29. The molecule has 3 aromatic carbocycles. The monoisotopic (exact) mass is 438 g/mol. The summed E-state index contributed by atoms with van der Waals surface area (Å²) in [6.45, 7) is 0.293. The van der Waals surface area contributed by atoms with Gasteiger partial charge in [-0.3, -0.25) is 9.59 Å². The number of rotatable bonds is 3. The predicted octanol–water partition coefficient (Wildman–Crippen LogP) is 4.27. The number of methoxy groups -OCH3 is 2. The molecule has 0 amide bonds. The van der Waals surface area contributed by atoms with E-state index in [1.54, 1.807) is 47.4 Å². The van der Waals surface area contributed by atoms with Crippen molar-refractivity contribution in [3.8, 4) is 23.3 Å². The van der Waals surface area contributed by atoms with Gasteiger partial charge < -0.3 is 19.1 Å². The molecule has 0 fully saturated rings.